The summed E-state index contributed by atoms with van der Waals surface area (Å²) in [5.41, 5.74) is -0.578. The summed E-state index contributed by atoms with van der Waals surface area (Å²) in [6.45, 7) is 3.25. The minimum absolute atomic E-state index is 0.00319. The Morgan fingerprint density at radius 3 is 2.96 bits per heavy atom. The molecule has 4 heterocycles. The molecule has 7 nitrogen and oxygen atoms in total. The van der Waals surface area contributed by atoms with E-state index in [1.54, 1.807) is 11.8 Å². The van der Waals surface area contributed by atoms with Crippen LogP contribution < -0.4 is 16.0 Å². The molecular weight excluding hydrogens is 350 g/mol. The standard InChI is InChI=1S/C18H31N5O2S/c1-18(25)9-4-3-5-10-22-16(24)12-11-19-17(26-2)21-15(12)23(22)14-8-6-7-13(18)20-14/h3,5,12-15,17,19-21,25H,4,6-11H2,1-2H3. The van der Waals surface area contributed by atoms with Crippen LogP contribution in [0.5, 0.6) is 0 Å². The highest BCUT2D eigenvalue weighted by Gasteiger charge is 2.52. The van der Waals surface area contributed by atoms with Gasteiger partial charge < -0.3 is 5.11 Å². The molecule has 3 fully saturated rings. The van der Waals surface area contributed by atoms with Crippen molar-refractivity contribution in [2.75, 3.05) is 19.3 Å². The predicted octanol–water partition coefficient (Wildman–Crippen LogP) is 0.397. The van der Waals surface area contributed by atoms with Crippen molar-refractivity contribution < 1.29 is 9.90 Å². The highest BCUT2D eigenvalue weighted by atomic mass is 32.2. The first-order chi connectivity index (χ1) is 12.5. The highest BCUT2D eigenvalue weighted by molar-refractivity contribution is 7.99. The zero-order valence-corrected chi connectivity index (χ0v) is 16.5. The maximum absolute atomic E-state index is 13.1. The van der Waals surface area contributed by atoms with E-state index in [1.807, 2.05) is 11.9 Å². The van der Waals surface area contributed by atoms with E-state index in [-0.39, 0.29) is 35.7 Å². The van der Waals surface area contributed by atoms with Crippen LogP contribution in [0.3, 0.4) is 0 Å². The summed E-state index contributed by atoms with van der Waals surface area (Å²) in [4.78, 5) is 13.1. The molecule has 0 aliphatic carbocycles. The summed E-state index contributed by atoms with van der Waals surface area (Å²) >= 11 is 1.73. The van der Waals surface area contributed by atoms with Gasteiger partial charge in [0.15, 0.2) is 0 Å². The number of hydrogen-bond donors (Lipinski definition) is 4. The Morgan fingerprint density at radius 1 is 1.31 bits per heavy atom. The largest absolute Gasteiger partial charge is 0.389 e. The second kappa shape index (κ2) is 7.41. The van der Waals surface area contributed by atoms with Gasteiger partial charge in [0.2, 0.25) is 5.91 Å². The van der Waals surface area contributed by atoms with Crippen LogP contribution in [0.25, 0.3) is 0 Å². The molecule has 0 aromatic heterocycles. The molecule has 8 heteroatoms. The number of thioether (sulfide) groups is 1. The van der Waals surface area contributed by atoms with Crippen LogP contribution >= 0.6 is 11.8 Å². The van der Waals surface area contributed by atoms with E-state index in [0.717, 1.165) is 32.1 Å². The molecule has 26 heavy (non-hydrogen) atoms. The fraction of sp³-hybridized carbons (Fsp3) is 0.833. The number of amides is 1. The fourth-order valence-electron chi connectivity index (χ4n) is 4.77. The van der Waals surface area contributed by atoms with Gasteiger partial charge in [0, 0.05) is 12.6 Å². The monoisotopic (exact) mass is 381 g/mol. The van der Waals surface area contributed by atoms with E-state index in [4.69, 9.17) is 0 Å². The Hall–Kier alpha value is -0.640. The van der Waals surface area contributed by atoms with Gasteiger partial charge >= 0.3 is 0 Å². The van der Waals surface area contributed by atoms with Gasteiger partial charge in [-0.1, -0.05) is 12.2 Å². The summed E-state index contributed by atoms with van der Waals surface area (Å²) in [7, 11) is 0. The molecule has 6 unspecified atom stereocenters. The van der Waals surface area contributed by atoms with Crippen LogP contribution in [0.1, 0.15) is 39.0 Å². The Bertz CT molecular complexity index is 572. The van der Waals surface area contributed by atoms with Gasteiger partial charge in [0.1, 0.15) is 5.50 Å². The van der Waals surface area contributed by atoms with Crippen LogP contribution in [0.4, 0.5) is 0 Å². The lowest BCUT2D eigenvalue weighted by molar-refractivity contribution is -0.146. The molecular formula is C18H31N5O2S. The summed E-state index contributed by atoms with van der Waals surface area (Å²) in [5, 5.41) is 25.8. The number of aliphatic hydroxyl groups is 1. The second-order valence-electron chi connectivity index (χ2n) is 8.08. The maximum atomic E-state index is 13.1. The summed E-state index contributed by atoms with van der Waals surface area (Å²) in [6, 6.07) is 0.0572. The second-order valence-corrected chi connectivity index (χ2v) is 9.02. The minimum atomic E-state index is -0.731. The molecule has 146 valence electrons. The van der Waals surface area contributed by atoms with Gasteiger partial charge in [-0.3, -0.25) is 25.8 Å². The molecule has 0 saturated carbocycles. The molecule has 4 aliphatic rings. The Kier molecular flexibility index (Phi) is 5.33. The average molecular weight is 382 g/mol. The molecule has 0 spiro atoms. The SMILES string of the molecule is CSC1NCC2C(=O)N3CC=CCCC(C)(O)C4CCCC(N4)N3C2N1. The van der Waals surface area contributed by atoms with Crippen molar-refractivity contribution in [2.45, 2.75) is 68.5 Å². The lowest BCUT2D eigenvalue weighted by Gasteiger charge is -2.47. The molecule has 0 aromatic rings. The summed E-state index contributed by atoms with van der Waals surface area (Å²) in [5.74, 6) is 0.117. The van der Waals surface area contributed by atoms with Crippen molar-refractivity contribution >= 4 is 17.7 Å². The average Bonchev–Trinajstić information content (AvgIpc) is 2.91. The topological polar surface area (TPSA) is 79.9 Å². The molecule has 3 saturated heterocycles. The van der Waals surface area contributed by atoms with Crippen LogP contribution in [0, 0.1) is 5.92 Å². The first-order valence-corrected chi connectivity index (χ1v) is 11.1. The first kappa shape index (κ1) is 18.7. The van der Waals surface area contributed by atoms with Crippen molar-refractivity contribution in [2.24, 2.45) is 5.92 Å². The number of hydrogen-bond acceptors (Lipinski definition) is 7. The lowest BCUT2D eigenvalue weighted by Crippen LogP contribution is -2.67. The van der Waals surface area contributed by atoms with Gasteiger partial charge in [-0.05, 0) is 45.3 Å². The van der Waals surface area contributed by atoms with E-state index in [0.29, 0.717) is 13.1 Å². The van der Waals surface area contributed by atoms with Crippen LogP contribution in [-0.2, 0) is 4.79 Å². The molecule has 2 bridgehead atoms. The van der Waals surface area contributed by atoms with Crippen molar-refractivity contribution in [1.82, 2.24) is 26.0 Å². The Labute approximate surface area is 159 Å². The molecule has 4 rings (SSSR count). The maximum Gasteiger partial charge on any atom is 0.244 e. The van der Waals surface area contributed by atoms with Gasteiger partial charge in [0.05, 0.1) is 30.4 Å². The lowest BCUT2D eigenvalue weighted by atomic mass is 9.85. The molecule has 6 atom stereocenters. The quantitative estimate of drug-likeness (QED) is 0.490. The normalized spacial score (nSPS) is 44.3. The third kappa shape index (κ3) is 3.31. The molecule has 0 radical (unpaired) electrons. The van der Waals surface area contributed by atoms with E-state index in [1.165, 1.54) is 0 Å². The summed E-state index contributed by atoms with van der Waals surface area (Å²) in [6.07, 6.45) is 10.9. The van der Waals surface area contributed by atoms with E-state index in [9.17, 15) is 9.90 Å². The molecule has 0 aromatic carbocycles. The van der Waals surface area contributed by atoms with E-state index in [2.05, 4.69) is 39.4 Å². The number of hydrazine groups is 1. The van der Waals surface area contributed by atoms with Crippen LogP contribution in [0.15, 0.2) is 12.2 Å². The third-order valence-corrected chi connectivity index (χ3v) is 7.07. The zero-order chi connectivity index (χ0) is 18.3. The highest BCUT2D eigenvalue weighted by Crippen LogP contribution is 2.34. The number of carbonyl (C=O) groups is 1. The Balaban J connectivity index is 1.65. The van der Waals surface area contributed by atoms with Crippen LogP contribution in [0.2, 0.25) is 0 Å². The summed E-state index contributed by atoms with van der Waals surface area (Å²) < 4.78 is 0. The van der Waals surface area contributed by atoms with Gasteiger partial charge in [-0.2, -0.15) is 5.01 Å². The van der Waals surface area contributed by atoms with Crippen molar-refractivity contribution in [3.05, 3.63) is 12.2 Å². The number of piperidine rings is 1. The van der Waals surface area contributed by atoms with Gasteiger partial charge in [-0.15, -0.1) is 11.8 Å². The van der Waals surface area contributed by atoms with E-state index >= 15 is 0 Å². The third-order valence-electron chi connectivity index (χ3n) is 6.29. The first-order valence-electron chi connectivity index (χ1n) is 9.76. The Morgan fingerprint density at radius 2 is 2.15 bits per heavy atom. The van der Waals surface area contributed by atoms with Gasteiger partial charge in [-0.25, -0.2) is 0 Å². The van der Waals surface area contributed by atoms with Gasteiger partial charge in [0.25, 0.3) is 0 Å². The molecule has 4 N–H and O–H groups in total. The molecule has 1 amide bonds. The molecule has 4 aliphatic heterocycles. The number of carbonyl (C=O) groups excluding carboxylic acids is 1. The zero-order valence-electron chi connectivity index (χ0n) is 15.6. The fourth-order valence-corrected chi connectivity index (χ4v) is 5.31. The van der Waals surface area contributed by atoms with Crippen LogP contribution in [-0.4, -0.2) is 69.8 Å². The van der Waals surface area contributed by atoms with Crippen molar-refractivity contribution in [3.8, 4) is 0 Å². The predicted molar refractivity (Wildman–Crippen MR) is 103 cm³/mol. The number of nitrogens with zero attached hydrogens (tertiary/aromatic N) is 2. The number of fused-ring (bicyclic) bond motifs is 6. The van der Waals surface area contributed by atoms with E-state index < -0.39 is 5.60 Å². The number of allylic oxidation sites excluding steroid dienone is 1. The smallest absolute Gasteiger partial charge is 0.244 e. The minimum Gasteiger partial charge on any atom is -0.389 e. The number of nitrogens with one attached hydrogen (secondary N) is 3. The van der Waals surface area contributed by atoms with Crippen molar-refractivity contribution in [3.63, 3.8) is 0 Å². The number of rotatable bonds is 1. The van der Waals surface area contributed by atoms with Crippen molar-refractivity contribution in [1.29, 1.82) is 0 Å².